The van der Waals surface area contributed by atoms with Crippen LogP contribution in [0.1, 0.15) is 6.42 Å². The average molecular weight is 272 g/mol. The Bertz CT molecular complexity index is 611. The number of nitrogens with zero attached hydrogens (tertiary/aromatic N) is 4. The number of benzene rings is 1. The van der Waals surface area contributed by atoms with Crippen molar-refractivity contribution in [2.45, 2.75) is 13.0 Å². The molecule has 0 radical (unpaired) electrons. The second-order valence-corrected chi connectivity index (χ2v) is 5.55. The van der Waals surface area contributed by atoms with Crippen LogP contribution in [0.2, 0.25) is 0 Å². The lowest BCUT2D eigenvalue weighted by molar-refractivity contribution is 0.637. The Hall–Kier alpha value is -1.88. The molecule has 3 rings (SSSR count). The average Bonchev–Trinajstić information content (AvgIpc) is 3.07. The van der Waals surface area contributed by atoms with Crippen LogP contribution in [0.25, 0.3) is 10.2 Å². The topological polar surface area (TPSA) is 34.0 Å². The summed E-state index contributed by atoms with van der Waals surface area (Å²) < 4.78 is 3.35. The first-order chi connectivity index (χ1) is 9.33. The summed E-state index contributed by atoms with van der Waals surface area (Å²) in [7, 11) is 2.10. The van der Waals surface area contributed by atoms with Gasteiger partial charge in [-0.3, -0.25) is 0 Å². The van der Waals surface area contributed by atoms with Gasteiger partial charge in [0.25, 0.3) is 0 Å². The van der Waals surface area contributed by atoms with Gasteiger partial charge in [0, 0.05) is 32.5 Å². The number of fused-ring (bicyclic) bond motifs is 1. The monoisotopic (exact) mass is 272 g/mol. The molecule has 0 unspecified atom stereocenters. The van der Waals surface area contributed by atoms with Gasteiger partial charge in [0.15, 0.2) is 5.13 Å². The molecule has 0 saturated heterocycles. The maximum atomic E-state index is 4.65. The molecule has 4 nitrogen and oxygen atoms in total. The highest BCUT2D eigenvalue weighted by Gasteiger charge is 2.07. The third-order valence-electron chi connectivity index (χ3n) is 3.08. The fourth-order valence-corrected chi connectivity index (χ4v) is 2.98. The lowest BCUT2D eigenvalue weighted by Gasteiger charge is -2.15. The van der Waals surface area contributed by atoms with Crippen molar-refractivity contribution in [3.8, 4) is 0 Å². The number of aromatic nitrogens is 3. The first-order valence-electron chi connectivity index (χ1n) is 6.35. The molecular formula is C14H16N4S. The highest BCUT2D eigenvalue weighted by molar-refractivity contribution is 7.22. The number of hydrogen-bond acceptors (Lipinski definition) is 4. The Morgan fingerprint density at radius 3 is 3.00 bits per heavy atom. The molecule has 2 heterocycles. The fourth-order valence-electron chi connectivity index (χ4n) is 2.03. The molecule has 1 aromatic carbocycles. The van der Waals surface area contributed by atoms with Gasteiger partial charge in [-0.05, 0) is 18.6 Å². The number of thiazole rings is 1. The quantitative estimate of drug-likeness (QED) is 0.716. The molecular weight excluding hydrogens is 256 g/mol. The van der Waals surface area contributed by atoms with E-state index in [1.165, 1.54) is 4.70 Å². The third kappa shape index (κ3) is 2.76. The van der Waals surface area contributed by atoms with Gasteiger partial charge in [0.1, 0.15) is 0 Å². The van der Waals surface area contributed by atoms with E-state index in [9.17, 15) is 0 Å². The van der Waals surface area contributed by atoms with Gasteiger partial charge in [-0.1, -0.05) is 23.5 Å². The van der Waals surface area contributed by atoms with Crippen LogP contribution in [0.15, 0.2) is 43.0 Å². The van der Waals surface area contributed by atoms with E-state index in [0.29, 0.717) is 0 Å². The zero-order valence-corrected chi connectivity index (χ0v) is 11.7. The maximum Gasteiger partial charge on any atom is 0.186 e. The summed E-state index contributed by atoms with van der Waals surface area (Å²) in [6.07, 6.45) is 6.76. The van der Waals surface area contributed by atoms with E-state index in [-0.39, 0.29) is 0 Å². The molecule has 19 heavy (non-hydrogen) atoms. The predicted octanol–water partition coefficient (Wildman–Crippen LogP) is 3.02. The number of hydrogen-bond donors (Lipinski definition) is 0. The van der Waals surface area contributed by atoms with Gasteiger partial charge in [-0.15, -0.1) is 0 Å². The van der Waals surface area contributed by atoms with E-state index in [4.69, 9.17) is 0 Å². The molecule has 0 atom stereocenters. The van der Waals surface area contributed by atoms with E-state index < -0.39 is 0 Å². The second kappa shape index (κ2) is 5.40. The van der Waals surface area contributed by atoms with Gasteiger partial charge in [0.2, 0.25) is 0 Å². The molecule has 0 N–H and O–H groups in total. The Morgan fingerprint density at radius 1 is 1.32 bits per heavy atom. The molecule has 5 heteroatoms. The maximum absolute atomic E-state index is 4.65. The lowest BCUT2D eigenvalue weighted by Crippen LogP contribution is -2.19. The van der Waals surface area contributed by atoms with Crippen LogP contribution < -0.4 is 4.90 Å². The number of imidazole rings is 1. The zero-order valence-electron chi connectivity index (χ0n) is 10.9. The summed E-state index contributed by atoms with van der Waals surface area (Å²) in [4.78, 5) is 10.9. The normalized spacial score (nSPS) is 11.0. The van der Waals surface area contributed by atoms with Gasteiger partial charge in [0.05, 0.1) is 16.5 Å². The zero-order chi connectivity index (χ0) is 13.1. The molecule has 98 valence electrons. The van der Waals surface area contributed by atoms with Gasteiger partial charge in [-0.2, -0.15) is 0 Å². The summed E-state index contributed by atoms with van der Waals surface area (Å²) in [5.41, 5.74) is 1.09. The van der Waals surface area contributed by atoms with Crippen LogP contribution in [0.3, 0.4) is 0 Å². The van der Waals surface area contributed by atoms with E-state index in [2.05, 4.69) is 44.7 Å². The molecule has 0 aliphatic heterocycles. The number of para-hydroxylation sites is 1. The molecule has 0 saturated carbocycles. The molecule has 0 aliphatic carbocycles. The first kappa shape index (κ1) is 12.2. The van der Waals surface area contributed by atoms with E-state index in [0.717, 1.165) is 30.2 Å². The SMILES string of the molecule is CN(CCCn1ccnc1)c1nc2ccccc2s1. The van der Waals surface area contributed by atoms with Crippen LogP contribution in [-0.4, -0.2) is 28.1 Å². The van der Waals surface area contributed by atoms with Gasteiger partial charge in [-0.25, -0.2) is 9.97 Å². The summed E-state index contributed by atoms with van der Waals surface area (Å²) in [5, 5.41) is 1.09. The van der Waals surface area contributed by atoms with Crippen molar-refractivity contribution in [2.24, 2.45) is 0 Å². The molecule has 0 fully saturated rings. The third-order valence-corrected chi connectivity index (χ3v) is 4.23. The Balaban J connectivity index is 1.61. The van der Waals surface area contributed by atoms with Gasteiger partial charge < -0.3 is 9.47 Å². The molecule has 0 bridgehead atoms. The smallest absolute Gasteiger partial charge is 0.186 e. The predicted molar refractivity (Wildman–Crippen MR) is 79.7 cm³/mol. The minimum atomic E-state index is 0.995. The standard InChI is InChI=1S/C14H16N4S/c1-17(8-4-9-18-10-7-15-11-18)14-16-12-5-2-3-6-13(12)19-14/h2-3,5-7,10-11H,4,8-9H2,1H3. The van der Waals surface area contributed by atoms with Crippen molar-refractivity contribution >= 4 is 26.7 Å². The summed E-state index contributed by atoms with van der Waals surface area (Å²) in [5.74, 6) is 0. The van der Waals surface area contributed by atoms with Crippen molar-refractivity contribution in [3.63, 3.8) is 0 Å². The molecule has 3 aromatic rings. The Labute approximate surface area is 116 Å². The summed E-state index contributed by atoms with van der Waals surface area (Å²) in [6, 6.07) is 8.28. The van der Waals surface area contributed by atoms with Crippen molar-refractivity contribution in [1.29, 1.82) is 0 Å². The largest absolute Gasteiger partial charge is 0.351 e. The number of aryl methyl sites for hydroxylation is 1. The fraction of sp³-hybridized carbons (Fsp3) is 0.286. The Morgan fingerprint density at radius 2 is 2.21 bits per heavy atom. The minimum Gasteiger partial charge on any atom is -0.351 e. The second-order valence-electron chi connectivity index (χ2n) is 4.54. The van der Waals surface area contributed by atoms with Gasteiger partial charge >= 0.3 is 0 Å². The van der Waals surface area contributed by atoms with Crippen LogP contribution in [0.5, 0.6) is 0 Å². The van der Waals surface area contributed by atoms with Crippen molar-refractivity contribution < 1.29 is 0 Å². The number of rotatable bonds is 5. The van der Waals surface area contributed by atoms with E-state index >= 15 is 0 Å². The minimum absolute atomic E-state index is 0.995. The molecule has 0 aliphatic rings. The highest BCUT2D eigenvalue weighted by Crippen LogP contribution is 2.27. The molecule has 0 amide bonds. The highest BCUT2D eigenvalue weighted by atomic mass is 32.1. The molecule has 0 spiro atoms. The van der Waals surface area contributed by atoms with Crippen LogP contribution >= 0.6 is 11.3 Å². The first-order valence-corrected chi connectivity index (χ1v) is 7.17. The Kier molecular flexibility index (Phi) is 3.46. The summed E-state index contributed by atoms with van der Waals surface area (Å²) >= 11 is 1.75. The van der Waals surface area contributed by atoms with E-state index in [1.807, 2.05) is 24.8 Å². The lowest BCUT2D eigenvalue weighted by atomic mass is 10.3. The van der Waals surface area contributed by atoms with Crippen LogP contribution in [-0.2, 0) is 6.54 Å². The van der Waals surface area contributed by atoms with E-state index in [1.54, 1.807) is 11.3 Å². The van der Waals surface area contributed by atoms with Crippen molar-refractivity contribution in [1.82, 2.24) is 14.5 Å². The molecule has 2 aromatic heterocycles. The van der Waals surface area contributed by atoms with Crippen LogP contribution in [0.4, 0.5) is 5.13 Å². The number of anilines is 1. The van der Waals surface area contributed by atoms with Crippen molar-refractivity contribution in [3.05, 3.63) is 43.0 Å². The summed E-state index contributed by atoms with van der Waals surface area (Å²) in [6.45, 7) is 1.99. The van der Waals surface area contributed by atoms with Crippen LogP contribution in [0, 0.1) is 0 Å². The van der Waals surface area contributed by atoms with Crippen molar-refractivity contribution in [2.75, 3.05) is 18.5 Å².